The van der Waals surface area contributed by atoms with Gasteiger partial charge in [-0.3, -0.25) is 18.9 Å². The number of aryl methyl sites for hydroxylation is 1. The first-order valence-electron chi connectivity index (χ1n) is 10.8. The number of benzene rings is 1. The Bertz CT molecular complexity index is 1150. The number of nitrogens with zero attached hydrogens (tertiary/aromatic N) is 5. The average Bonchev–Trinajstić information content (AvgIpc) is 3.21. The fourth-order valence-electron chi connectivity index (χ4n) is 4.04. The minimum Gasteiger partial charge on any atom is -0.497 e. The third-order valence-electron chi connectivity index (χ3n) is 5.97. The van der Waals surface area contributed by atoms with Crippen LogP contribution in [0.1, 0.15) is 33.3 Å². The van der Waals surface area contributed by atoms with Crippen LogP contribution < -0.4 is 9.64 Å². The van der Waals surface area contributed by atoms with Gasteiger partial charge in [0.25, 0.3) is 11.8 Å². The number of likely N-dealkylation sites (N-methyl/N-ethyl adjacent to an activating group) is 1. The van der Waals surface area contributed by atoms with Crippen molar-refractivity contribution < 1.29 is 14.3 Å². The van der Waals surface area contributed by atoms with E-state index in [1.165, 1.54) is 0 Å². The molecular weight excluding hydrogens is 406 g/mol. The molecule has 2 amide bonds. The lowest BCUT2D eigenvalue weighted by Gasteiger charge is -2.32. The van der Waals surface area contributed by atoms with E-state index in [2.05, 4.69) is 11.9 Å². The van der Waals surface area contributed by atoms with Crippen molar-refractivity contribution in [3.05, 3.63) is 59.4 Å². The van der Waals surface area contributed by atoms with Crippen molar-refractivity contribution in [2.45, 2.75) is 13.3 Å². The second-order valence-electron chi connectivity index (χ2n) is 8.07. The molecule has 0 N–H and O–H groups in total. The number of imidazole rings is 1. The van der Waals surface area contributed by atoms with E-state index < -0.39 is 0 Å². The third-order valence-corrected chi connectivity index (χ3v) is 5.97. The molecule has 168 valence electrons. The van der Waals surface area contributed by atoms with Crippen LogP contribution in [0.5, 0.6) is 5.75 Å². The molecule has 1 fully saturated rings. The van der Waals surface area contributed by atoms with Gasteiger partial charge in [0, 0.05) is 45.0 Å². The lowest BCUT2D eigenvalue weighted by atomic mass is 10.2. The predicted molar refractivity (Wildman–Crippen MR) is 124 cm³/mol. The first-order chi connectivity index (χ1) is 15.4. The van der Waals surface area contributed by atoms with Crippen LogP contribution in [0.15, 0.2) is 42.6 Å². The number of hydrogen-bond acceptors (Lipinski definition) is 5. The van der Waals surface area contributed by atoms with E-state index in [0.717, 1.165) is 18.8 Å². The highest BCUT2D eigenvalue weighted by Crippen LogP contribution is 2.26. The van der Waals surface area contributed by atoms with Crippen LogP contribution in [0.3, 0.4) is 0 Å². The van der Waals surface area contributed by atoms with E-state index >= 15 is 0 Å². The summed E-state index contributed by atoms with van der Waals surface area (Å²) in [5.41, 5.74) is 2.61. The molecule has 4 rings (SSSR count). The summed E-state index contributed by atoms with van der Waals surface area (Å²) in [5.74, 6) is 1.12. The van der Waals surface area contributed by atoms with E-state index in [9.17, 15) is 9.59 Å². The molecule has 8 nitrogen and oxygen atoms in total. The van der Waals surface area contributed by atoms with E-state index in [4.69, 9.17) is 9.72 Å². The molecule has 0 bridgehead atoms. The van der Waals surface area contributed by atoms with Crippen LogP contribution in [0.4, 0.5) is 5.82 Å². The van der Waals surface area contributed by atoms with Gasteiger partial charge in [-0.15, -0.1) is 0 Å². The maximum absolute atomic E-state index is 13.3. The zero-order valence-corrected chi connectivity index (χ0v) is 19.0. The molecule has 0 aliphatic carbocycles. The van der Waals surface area contributed by atoms with Gasteiger partial charge in [0.05, 0.1) is 18.4 Å². The maximum Gasteiger partial charge on any atom is 0.259 e. The molecule has 3 heterocycles. The van der Waals surface area contributed by atoms with Crippen molar-refractivity contribution in [3.63, 3.8) is 0 Å². The first-order valence-corrected chi connectivity index (χ1v) is 10.8. The van der Waals surface area contributed by atoms with Gasteiger partial charge in [-0.25, -0.2) is 4.98 Å². The molecule has 0 saturated carbocycles. The maximum atomic E-state index is 13.3. The van der Waals surface area contributed by atoms with Gasteiger partial charge >= 0.3 is 0 Å². The standard InChI is InChI=1S/C24H29N5O3/c1-5-20-22(27(3)23(30)17-7-6-8-19(15-17)32-4)29-16-18(9-10-21(29)25-20)24(31)28-13-11-26(2)12-14-28/h6-10,15-16H,5,11-14H2,1-4H3. The minimum absolute atomic E-state index is 0.000487. The number of aromatic nitrogens is 2. The van der Waals surface area contributed by atoms with Crippen LogP contribution in [-0.2, 0) is 6.42 Å². The van der Waals surface area contributed by atoms with E-state index in [1.807, 2.05) is 28.4 Å². The molecule has 2 aromatic heterocycles. The second kappa shape index (κ2) is 9.00. The number of fused-ring (bicyclic) bond motifs is 1. The molecule has 0 atom stereocenters. The normalized spacial score (nSPS) is 14.6. The molecule has 3 aromatic rings. The molecule has 32 heavy (non-hydrogen) atoms. The number of rotatable bonds is 5. The van der Waals surface area contributed by atoms with Gasteiger partial charge < -0.3 is 14.5 Å². The topological polar surface area (TPSA) is 70.4 Å². The number of ether oxygens (including phenoxy) is 1. The Hall–Kier alpha value is -3.39. The highest BCUT2D eigenvalue weighted by Gasteiger charge is 2.24. The van der Waals surface area contributed by atoms with Crippen LogP contribution in [0.25, 0.3) is 5.65 Å². The molecule has 1 aromatic carbocycles. The monoisotopic (exact) mass is 435 g/mol. The second-order valence-corrected chi connectivity index (χ2v) is 8.07. The van der Waals surface area contributed by atoms with E-state index in [1.54, 1.807) is 49.5 Å². The summed E-state index contributed by atoms with van der Waals surface area (Å²) in [6.45, 7) is 5.15. The number of piperazine rings is 1. The number of methoxy groups -OCH3 is 1. The first kappa shape index (κ1) is 21.8. The summed E-state index contributed by atoms with van der Waals surface area (Å²) in [7, 11) is 5.37. The lowest BCUT2D eigenvalue weighted by Crippen LogP contribution is -2.47. The zero-order valence-electron chi connectivity index (χ0n) is 19.0. The summed E-state index contributed by atoms with van der Waals surface area (Å²) in [4.78, 5) is 36.8. The Morgan fingerprint density at radius 2 is 1.84 bits per heavy atom. The number of anilines is 1. The van der Waals surface area contributed by atoms with Crippen molar-refractivity contribution in [2.75, 3.05) is 52.3 Å². The summed E-state index contributed by atoms with van der Waals surface area (Å²) < 4.78 is 7.11. The Morgan fingerprint density at radius 1 is 1.09 bits per heavy atom. The molecule has 0 spiro atoms. The fourth-order valence-corrected chi connectivity index (χ4v) is 4.04. The van der Waals surface area contributed by atoms with Gasteiger partial charge in [-0.1, -0.05) is 13.0 Å². The number of carbonyl (C=O) groups excluding carboxylic acids is 2. The minimum atomic E-state index is -0.170. The van der Waals surface area contributed by atoms with Crippen molar-refractivity contribution >= 4 is 23.3 Å². The van der Waals surface area contributed by atoms with E-state index in [-0.39, 0.29) is 11.8 Å². The van der Waals surface area contributed by atoms with Crippen molar-refractivity contribution in [1.29, 1.82) is 0 Å². The Labute approximate surface area is 188 Å². The lowest BCUT2D eigenvalue weighted by molar-refractivity contribution is 0.0663. The largest absolute Gasteiger partial charge is 0.497 e. The number of hydrogen-bond donors (Lipinski definition) is 0. The summed E-state index contributed by atoms with van der Waals surface area (Å²) >= 11 is 0. The number of amides is 2. The quantitative estimate of drug-likeness (QED) is 0.616. The Morgan fingerprint density at radius 3 is 2.53 bits per heavy atom. The smallest absolute Gasteiger partial charge is 0.259 e. The average molecular weight is 436 g/mol. The fraction of sp³-hybridized carbons (Fsp3) is 0.375. The van der Waals surface area contributed by atoms with Crippen molar-refractivity contribution in [2.24, 2.45) is 0 Å². The third kappa shape index (κ3) is 4.05. The highest BCUT2D eigenvalue weighted by molar-refractivity contribution is 6.06. The van der Waals surface area contributed by atoms with Gasteiger partial charge in [-0.2, -0.15) is 0 Å². The van der Waals surface area contributed by atoms with Crippen LogP contribution in [0, 0.1) is 0 Å². The van der Waals surface area contributed by atoms with Crippen LogP contribution >= 0.6 is 0 Å². The molecular formula is C24H29N5O3. The van der Waals surface area contributed by atoms with Gasteiger partial charge in [0.15, 0.2) is 0 Å². The molecule has 1 aliphatic rings. The molecule has 1 aliphatic heterocycles. The predicted octanol–water partition coefficient (Wildman–Crippen LogP) is 2.57. The molecule has 0 radical (unpaired) electrons. The van der Waals surface area contributed by atoms with Gasteiger partial charge in [0.2, 0.25) is 0 Å². The van der Waals surface area contributed by atoms with Crippen molar-refractivity contribution in [1.82, 2.24) is 19.2 Å². The summed E-state index contributed by atoms with van der Waals surface area (Å²) in [6.07, 6.45) is 2.46. The summed E-state index contributed by atoms with van der Waals surface area (Å²) in [5, 5.41) is 0. The van der Waals surface area contributed by atoms with Crippen molar-refractivity contribution in [3.8, 4) is 5.75 Å². The highest BCUT2D eigenvalue weighted by atomic mass is 16.5. The Balaban J connectivity index is 1.70. The molecule has 1 saturated heterocycles. The number of carbonyl (C=O) groups is 2. The van der Waals surface area contributed by atoms with Crippen LogP contribution in [0.2, 0.25) is 0 Å². The molecule has 8 heteroatoms. The Kier molecular flexibility index (Phi) is 6.14. The van der Waals surface area contributed by atoms with E-state index in [0.29, 0.717) is 47.9 Å². The van der Waals surface area contributed by atoms with Gasteiger partial charge in [0.1, 0.15) is 17.2 Å². The van der Waals surface area contributed by atoms with Crippen LogP contribution in [-0.4, -0.2) is 78.4 Å². The summed E-state index contributed by atoms with van der Waals surface area (Å²) in [6, 6.07) is 10.7. The van der Waals surface area contributed by atoms with Gasteiger partial charge in [-0.05, 0) is 43.8 Å². The zero-order chi connectivity index (χ0) is 22.8. The number of pyridine rings is 1. The molecule has 0 unspecified atom stereocenters. The SMILES string of the molecule is CCc1nc2ccc(C(=O)N3CCN(C)CC3)cn2c1N(C)C(=O)c1cccc(OC)c1.